The van der Waals surface area contributed by atoms with Gasteiger partial charge in [-0.25, -0.2) is 54.4 Å². The number of rotatable bonds is 28. The molecule has 2 aromatic carbocycles. The molecule has 0 saturated heterocycles. The van der Waals surface area contributed by atoms with Crippen molar-refractivity contribution in [3.8, 4) is 22.8 Å². The van der Waals surface area contributed by atoms with E-state index in [-0.39, 0.29) is 29.2 Å². The maximum absolute atomic E-state index is 11.4. The second-order valence-electron chi connectivity index (χ2n) is 27.9. The van der Waals surface area contributed by atoms with Crippen molar-refractivity contribution >= 4 is 135 Å². The molecule has 12 N–H and O–H groups in total. The van der Waals surface area contributed by atoms with Crippen molar-refractivity contribution in [1.82, 2.24) is 80.0 Å². The zero-order valence-corrected chi connectivity index (χ0v) is 81.2. The standard InChI is InChI=1S/C17H13N3.C13H15N3O2.C13H18N2.C11H11N3O2.C9H8O2.C7H13NO4S.C7H7N.2C6H6N2.2C5H6N2.C4H6O2.C3H5NO/c1-2-13-11-16(14-7-3-5-9-18-14)20-17(12-13)15-8-4-6-10-19-15;1-8(2)12(17)15-10-6-5-7-11(14-10)16-13(18)9(3)4;1-4-11-7-9-12(10-8-11)13(14-5-2)15-6-3;1-3-10(15)13-8-6-5-7-9(12-8)14-11(16)4-2;1-2-7-3-5-8(6-4-7)9(10)11;1-4-6(9)8-7(2,3)5-13(10,11)12;1-2-7-3-5-8-6-4-7;1-2-6-3-7-5-8-4-6;1-2-6-3-4-7-5-8-6;1-2-5-3-6-4-7-5;1-2-7-4-3-6-5-7;1-3(2)4(5)6;1-2-3(4)5/h2-12H,1H2;5-7H,1,3H2,2,4H3,(H2,14,15,16,17,18);4,7-10H,1,5-6H2,2-3H3,(H,14,15);3-7H,1-2H2,(H2,12,13,14,15,16);2-6H,1H2,(H,10,11);4H,1,5H2,2-3H3,(H,8,9)(H,10,11,12);2-6H,1H2;2*2-5H,1H2;2-4H,1H2,(H,6,7);2-5H,1H2;1H2,2H3,(H,5,6);2H,1H2,(H2,4,5). The fraction of sp³-hybridized carbons (Fsp3) is 0.104. The summed E-state index contributed by atoms with van der Waals surface area (Å²) in [7, 11) is -4.08. The predicted octanol–water partition coefficient (Wildman–Crippen LogP) is 18.3. The Balaban J connectivity index is 0.00000155. The number of H-pyrrole nitrogens is 1. The molecule has 142 heavy (non-hydrogen) atoms. The number of nitrogens with two attached hydrogens (primary N) is 1. The summed E-state index contributed by atoms with van der Waals surface area (Å²) >= 11 is 0. The Morgan fingerprint density at radius 1 is 0.465 bits per heavy atom. The molecule has 0 saturated carbocycles. The Bertz CT molecular complexity index is 5920. The van der Waals surface area contributed by atoms with Crippen molar-refractivity contribution in [2.75, 3.05) is 40.1 Å². The molecule has 0 unspecified atom stereocenters. The number of amidine groups is 1. The van der Waals surface area contributed by atoms with E-state index in [0.29, 0.717) is 40.0 Å². The summed E-state index contributed by atoms with van der Waals surface area (Å²) < 4.78 is 31.3. The number of imidazole rings is 2. The van der Waals surface area contributed by atoms with Gasteiger partial charge in [0.1, 0.15) is 41.8 Å². The van der Waals surface area contributed by atoms with Gasteiger partial charge in [0, 0.05) is 103 Å². The summed E-state index contributed by atoms with van der Waals surface area (Å²) in [5.41, 5.74) is 16.2. The number of aliphatic carboxylic acids is 1. The van der Waals surface area contributed by atoms with Gasteiger partial charge in [0.05, 0.1) is 69.9 Å². The van der Waals surface area contributed by atoms with E-state index in [0.717, 1.165) is 111 Å². The van der Waals surface area contributed by atoms with E-state index in [1.54, 1.807) is 196 Å². The Morgan fingerprint density at radius 2 is 0.915 bits per heavy atom. The van der Waals surface area contributed by atoms with Crippen molar-refractivity contribution in [1.29, 1.82) is 0 Å². The van der Waals surface area contributed by atoms with Gasteiger partial charge in [-0.3, -0.25) is 53.3 Å². The maximum Gasteiger partial charge on any atom is 0.335 e. The molecule has 0 fully saturated rings. The zero-order valence-electron chi connectivity index (χ0n) is 80.3. The van der Waals surface area contributed by atoms with Gasteiger partial charge in [0.2, 0.25) is 23.6 Å². The van der Waals surface area contributed by atoms with E-state index < -0.39 is 45.2 Å². The molecule has 0 aliphatic rings. The van der Waals surface area contributed by atoms with Crippen LogP contribution in [-0.4, -0.2) is 170 Å². The second-order valence-corrected chi connectivity index (χ2v) is 29.3. The highest BCUT2D eigenvalue weighted by Gasteiger charge is 2.26. The van der Waals surface area contributed by atoms with Crippen LogP contribution >= 0.6 is 0 Å². The molecule has 0 radical (unpaired) electrons. The van der Waals surface area contributed by atoms with Crippen LogP contribution in [0.15, 0.2) is 384 Å². The van der Waals surface area contributed by atoms with Crippen molar-refractivity contribution < 1.29 is 61.5 Å². The van der Waals surface area contributed by atoms with E-state index >= 15 is 0 Å². The van der Waals surface area contributed by atoms with Crippen molar-refractivity contribution in [2.24, 2.45) is 10.7 Å². The number of nitrogens with zero attached hydrogens (tertiary/aromatic N) is 14. The molecule has 0 atom stereocenters. The highest BCUT2D eigenvalue weighted by atomic mass is 32.2. The number of aliphatic imine (C=N–C) groups is 1. The van der Waals surface area contributed by atoms with Gasteiger partial charge in [-0.1, -0.05) is 190 Å². The third-order valence-electron chi connectivity index (χ3n) is 15.8. The molecule has 36 heteroatoms. The minimum Gasteiger partial charge on any atom is -0.478 e. The van der Waals surface area contributed by atoms with Gasteiger partial charge in [-0.05, 0) is 198 Å². The number of amides is 6. The zero-order chi connectivity index (χ0) is 107. The number of primary amides is 1. The molecule has 0 aliphatic heterocycles. The van der Waals surface area contributed by atoms with E-state index in [2.05, 4.69) is 225 Å². The Labute approximate surface area is 828 Å². The fourth-order valence-corrected chi connectivity index (χ4v) is 9.98. The van der Waals surface area contributed by atoms with E-state index in [1.165, 1.54) is 33.4 Å². The highest BCUT2D eigenvalue weighted by molar-refractivity contribution is 7.85. The molecular formula is C106H120N22O13S. The number of aromatic nitrogens is 14. The predicted molar refractivity (Wildman–Crippen MR) is 571 cm³/mol. The average molecular weight is 1940 g/mol. The number of anilines is 4. The number of benzene rings is 2. The molecule has 35 nitrogen and oxygen atoms in total. The molecule has 10 heterocycles. The lowest BCUT2D eigenvalue weighted by molar-refractivity contribution is -0.132. The van der Waals surface area contributed by atoms with Crippen LogP contribution in [0, 0.1) is 0 Å². The van der Waals surface area contributed by atoms with Crippen LogP contribution < -0.4 is 37.6 Å². The number of nitrogens with one attached hydrogen (secondary N) is 7. The van der Waals surface area contributed by atoms with Crippen molar-refractivity contribution in [3.63, 3.8) is 0 Å². The van der Waals surface area contributed by atoms with Crippen LogP contribution in [0.25, 0.3) is 71.5 Å². The monoisotopic (exact) mass is 1940 g/mol. The largest absolute Gasteiger partial charge is 0.478 e. The number of carboxylic acids is 2. The van der Waals surface area contributed by atoms with Crippen LogP contribution in [0.3, 0.4) is 0 Å². The summed E-state index contributed by atoms with van der Waals surface area (Å²) in [6.07, 6.45) is 41.9. The quantitative estimate of drug-likeness (QED) is 0.00939. The van der Waals surface area contributed by atoms with Crippen molar-refractivity contribution in [3.05, 3.63) is 429 Å². The van der Waals surface area contributed by atoms with Gasteiger partial charge in [0.25, 0.3) is 21.9 Å². The van der Waals surface area contributed by atoms with Crippen LogP contribution in [0.5, 0.6) is 0 Å². The second kappa shape index (κ2) is 72.6. The average Bonchev–Trinajstić information content (AvgIpc) is 1.11. The highest BCUT2D eigenvalue weighted by Crippen LogP contribution is 2.23. The first-order valence-corrected chi connectivity index (χ1v) is 43.7. The fourth-order valence-electron chi connectivity index (χ4n) is 8.99. The molecule has 10 aromatic heterocycles. The lowest BCUT2D eigenvalue weighted by Gasteiger charge is -2.23. The number of carbonyl (C=O) groups excluding carboxylic acids is 6. The number of aromatic carboxylic acids is 1. The summed E-state index contributed by atoms with van der Waals surface area (Å²) in [6, 6.07) is 45.7. The first-order valence-electron chi connectivity index (χ1n) is 42.1. The third kappa shape index (κ3) is 59.0. The summed E-state index contributed by atoms with van der Waals surface area (Å²) in [6.45, 7) is 65.4. The van der Waals surface area contributed by atoms with E-state index in [1.807, 2.05) is 92.0 Å². The molecule has 0 spiro atoms. The van der Waals surface area contributed by atoms with Gasteiger partial charge in [0.15, 0.2) is 0 Å². The molecule has 0 bridgehead atoms. The SMILES string of the molecule is C=C(C)C(=O)Nc1cccc(NC(=O)C(=C)C)n1.C=C(C)C(=O)O.C=CC(=O)NC(C)(C)CS(=O)(=O)O.C=CC(=O)Nc1cccc(NC(=O)C=C)n1.C=CC(N)=O.C=Cc1cc(-c2ccccn2)nc(-c2ccccn2)c1.C=Cc1ccc(C(=NCC)NCC)cc1.C=Cc1ccc(C(=O)O)cc1.C=Cc1ccncc1.C=Cc1ccncn1.C=Cc1cnc[nH]1.C=Cc1cncnc1.C=Cn1ccnc1. The molecule has 738 valence electrons. The van der Waals surface area contributed by atoms with Crippen molar-refractivity contribution in [2.45, 2.75) is 54.0 Å². The first kappa shape index (κ1) is 123. The van der Waals surface area contributed by atoms with Crippen LogP contribution in [-0.2, 0) is 43.7 Å². The lowest BCUT2D eigenvalue weighted by Crippen LogP contribution is -2.47. The number of hydrogen-bond donors (Lipinski definition) is 11. The normalized spacial score (nSPS) is 9.48. The maximum atomic E-state index is 11.4. The minimum absolute atomic E-state index is 0.176. The third-order valence-corrected chi connectivity index (χ3v) is 16.9. The lowest BCUT2D eigenvalue weighted by atomic mass is 10.1. The van der Waals surface area contributed by atoms with E-state index in [9.17, 15) is 46.8 Å². The number of carboxylic acid groups (broad SMARTS) is 2. The number of carbonyl (C=O) groups is 8. The molecule has 0 aliphatic carbocycles. The van der Waals surface area contributed by atoms with Gasteiger partial charge in [-0.15, -0.1) is 0 Å². The Hall–Kier alpha value is -18.8. The number of pyridine rings is 6. The van der Waals surface area contributed by atoms with Gasteiger partial charge >= 0.3 is 11.9 Å². The van der Waals surface area contributed by atoms with Crippen LogP contribution in [0.4, 0.5) is 23.3 Å². The van der Waals surface area contributed by atoms with Gasteiger partial charge in [-0.2, -0.15) is 8.42 Å². The number of aromatic amines is 1. The van der Waals surface area contributed by atoms with Gasteiger partial charge < -0.3 is 57.4 Å². The van der Waals surface area contributed by atoms with Crippen LogP contribution in [0.1, 0.15) is 104 Å². The summed E-state index contributed by atoms with van der Waals surface area (Å²) in [5.74, 6) is -2.33. The minimum atomic E-state index is -4.08. The molecule has 6 amide bonds. The summed E-state index contributed by atoms with van der Waals surface area (Å²) in [4.78, 5) is 140. The summed E-state index contributed by atoms with van der Waals surface area (Å²) in [5, 5.41) is 32.1. The first-order chi connectivity index (χ1) is 67.7. The topological polar surface area (TPSA) is 517 Å². The molecule has 12 rings (SSSR count). The van der Waals surface area contributed by atoms with Crippen LogP contribution in [0.2, 0.25) is 0 Å². The smallest absolute Gasteiger partial charge is 0.335 e. The molecular weight excluding hydrogens is 1820 g/mol. The van der Waals surface area contributed by atoms with E-state index in [4.69, 9.17) is 14.8 Å². The Kier molecular flexibility index (Phi) is 63.0. The number of hydrogen-bond acceptors (Lipinski definition) is 23. The molecule has 12 aromatic rings. The Morgan fingerprint density at radius 3 is 1.22 bits per heavy atom.